The first-order chi connectivity index (χ1) is 6.26. The van der Waals surface area contributed by atoms with E-state index in [1.807, 2.05) is 16.9 Å². The Morgan fingerprint density at radius 2 is 2.38 bits per heavy atom. The van der Waals surface area contributed by atoms with Crippen LogP contribution >= 0.6 is 0 Å². The van der Waals surface area contributed by atoms with Gasteiger partial charge in [-0.3, -0.25) is 4.68 Å². The molecule has 0 amide bonds. The van der Waals surface area contributed by atoms with Crippen molar-refractivity contribution >= 4 is 0 Å². The van der Waals surface area contributed by atoms with Crippen molar-refractivity contribution < 1.29 is 0 Å². The van der Waals surface area contributed by atoms with E-state index in [2.05, 4.69) is 18.9 Å². The van der Waals surface area contributed by atoms with Gasteiger partial charge < -0.3 is 5.73 Å². The monoisotopic (exact) mass is 181 g/mol. The lowest BCUT2D eigenvalue weighted by Crippen LogP contribution is -2.09. The smallest absolute Gasteiger partial charge is 0.0760 e. The predicted octanol–water partition coefficient (Wildman–Crippen LogP) is 1.78. The highest BCUT2D eigenvalue weighted by Gasteiger charge is 2.02. The van der Waals surface area contributed by atoms with Crippen LogP contribution in [0.1, 0.15) is 32.4 Å². The highest BCUT2D eigenvalue weighted by Crippen LogP contribution is 2.07. The third kappa shape index (κ3) is 3.19. The molecule has 0 aliphatic heterocycles. The molecule has 0 aromatic carbocycles. The van der Waals surface area contributed by atoms with Gasteiger partial charge in [0.15, 0.2) is 0 Å². The van der Waals surface area contributed by atoms with E-state index in [1.54, 1.807) is 0 Å². The normalized spacial score (nSPS) is 13.2. The minimum absolute atomic E-state index is 0.537. The second-order valence-electron chi connectivity index (χ2n) is 3.63. The van der Waals surface area contributed by atoms with Crippen molar-refractivity contribution in [1.82, 2.24) is 9.78 Å². The Hall–Kier alpha value is -0.830. The Balaban J connectivity index is 2.44. The molecular weight excluding hydrogens is 162 g/mol. The highest BCUT2D eigenvalue weighted by atomic mass is 15.3. The fourth-order valence-electron chi connectivity index (χ4n) is 1.52. The summed E-state index contributed by atoms with van der Waals surface area (Å²) in [6.07, 6.45) is 4.51. The van der Waals surface area contributed by atoms with E-state index in [0.29, 0.717) is 12.5 Å². The summed E-state index contributed by atoms with van der Waals surface area (Å²) in [6, 6.07) is 1.98. The fraction of sp³-hybridized carbons (Fsp3) is 0.700. The molecule has 0 saturated heterocycles. The molecule has 3 heteroatoms. The summed E-state index contributed by atoms with van der Waals surface area (Å²) in [5.74, 6) is 0.704. The van der Waals surface area contributed by atoms with Crippen LogP contribution in [0, 0.1) is 5.92 Å². The zero-order valence-corrected chi connectivity index (χ0v) is 8.53. The molecule has 3 nitrogen and oxygen atoms in total. The molecule has 0 aliphatic rings. The third-order valence-corrected chi connectivity index (χ3v) is 2.19. The van der Waals surface area contributed by atoms with E-state index in [-0.39, 0.29) is 0 Å². The molecular formula is C10H19N3. The maximum absolute atomic E-state index is 5.48. The van der Waals surface area contributed by atoms with E-state index in [9.17, 15) is 0 Å². The number of nitrogens with two attached hydrogens (primary N) is 1. The fourth-order valence-corrected chi connectivity index (χ4v) is 1.52. The van der Waals surface area contributed by atoms with E-state index in [4.69, 9.17) is 5.73 Å². The summed E-state index contributed by atoms with van der Waals surface area (Å²) in [5, 5.41) is 4.34. The summed E-state index contributed by atoms with van der Waals surface area (Å²) in [5.41, 5.74) is 6.45. The van der Waals surface area contributed by atoms with Gasteiger partial charge >= 0.3 is 0 Å². The van der Waals surface area contributed by atoms with Gasteiger partial charge in [-0.15, -0.1) is 0 Å². The number of nitrogens with zero attached hydrogens (tertiary/aromatic N) is 2. The first-order valence-electron chi connectivity index (χ1n) is 4.98. The molecule has 1 aromatic rings. The van der Waals surface area contributed by atoms with Crippen molar-refractivity contribution in [2.45, 2.75) is 39.8 Å². The van der Waals surface area contributed by atoms with Crippen molar-refractivity contribution in [3.05, 3.63) is 18.0 Å². The van der Waals surface area contributed by atoms with Crippen LogP contribution in [0.25, 0.3) is 0 Å². The Morgan fingerprint density at radius 3 is 2.92 bits per heavy atom. The van der Waals surface area contributed by atoms with Crippen LogP contribution in [0.5, 0.6) is 0 Å². The van der Waals surface area contributed by atoms with Crippen LogP contribution in [0.15, 0.2) is 12.3 Å². The van der Waals surface area contributed by atoms with Gasteiger partial charge in [0.1, 0.15) is 0 Å². The van der Waals surface area contributed by atoms with Gasteiger partial charge in [-0.1, -0.05) is 20.3 Å². The summed E-state index contributed by atoms with van der Waals surface area (Å²) in [7, 11) is 0. The molecule has 1 atom stereocenters. The average Bonchev–Trinajstić information content (AvgIpc) is 2.52. The van der Waals surface area contributed by atoms with Gasteiger partial charge in [0, 0.05) is 19.3 Å². The van der Waals surface area contributed by atoms with E-state index < -0.39 is 0 Å². The van der Waals surface area contributed by atoms with Crippen molar-refractivity contribution in [3.8, 4) is 0 Å². The van der Waals surface area contributed by atoms with Crippen molar-refractivity contribution in [2.24, 2.45) is 11.7 Å². The topological polar surface area (TPSA) is 43.8 Å². The Morgan fingerprint density at radius 1 is 1.62 bits per heavy atom. The number of aromatic nitrogens is 2. The zero-order valence-electron chi connectivity index (χ0n) is 8.53. The number of rotatable bonds is 5. The van der Waals surface area contributed by atoms with Crippen molar-refractivity contribution in [1.29, 1.82) is 0 Å². The van der Waals surface area contributed by atoms with Crippen LogP contribution < -0.4 is 5.73 Å². The standard InChI is InChI=1S/C10H19N3/c1-3-4-9(2)8-13-6-5-10(7-11)12-13/h5-6,9H,3-4,7-8,11H2,1-2H3. The van der Waals surface area contributed by atoms with Gasteiger partial charge in [0.25, 0.3) is 0 Å². The van der Waals surface area contributed by atoms with E-state index in [1.165, 1.54) is 12.8 Å². The second kappa shape index (κ2) is 5.02. The summed E-state index contributed by atoms with van der Waals surface area (Å²) < 4.78 is 1.99. The van der Waals surface area contributed by atoms with Crippen molar-refractivity contribution in [3.63, 3.8) is 0 Å². The van der Waals surface area contributed by atoms with Crippen LogP contribution in [0.3, 0.4) is 0 Å². The van der Waals surface area contributed by atoms with Gasteiger partial charge in [0.05, 0.1) is 5.69 Å². The molecule has 0 bridgehead atoms. The van der Waals surface area contributed by atoms with Crippen LogP contribution in [-0.4, -0.2) is 9.78 Å². The quantitative estimate of drug-likeness (QED) is 0.752. The third-order valence-electron chi connectivity index (χ3n) is 2.19. The molecule has 1 rings (SSSR count). The number of hydrogen-bond donors (Lipinski definition) is 1. The van der Waals surface area contributed by atoms with E-state index >= 15 is 0 Å². The Kier molecular flexibility index (Phi) is 3.96. The molecule has 2 N–H and O–H groups in total. The van der Waals surface area contributed by atoms with E-state index in [0.717, 1.165) is 12.2 Å². The molecule has 13 heavy (non-hydrogen) atoms. The number of hydrogen-bond acceptors (Lipinski definition) is 2. The summed E-state index contributed by atoms with van der Waals surface area (Å²) >= 11 is 0. The molecule has 1 unspecified atom stereocenters. The van der Waals surface area contributed by atoms with Gasteiger partial charge in [0.2, 0.25) is 0 Å². The lowest BCUT2D eigenvalue weighted by Gasteiger charge is -2.09. The van der Waals surface area contributed by atoms with Crippen LogP contribution in [0.4, 0.5) is 0 Å². The molecule has 0 fully saturated rings. The largest absolute Gasteiger partial charge is 0.325 e. The second-order valence-corrected chi connectivity index (χ2v) is 3.63. The van der Waals surface area contributed by atoms with Crippen molar-refractivity contribution in [2.75, 3.05) is 0 Å². The Bertz CT molecular complexity index is 242. The molecule has 0 radical (unpaired) electrons. The van der Waals surface area contributed by atoms with Crippen LogP contribution in [0.2, 0.25) is 0 Å². The van der Waals surface area contributed by atoms with Gasteiger partial charge in [-0.05, 0) is 18.4 Å². The van der Waals surface area contributed by atoms with Gasteiger partial charge in [-0.25, -0.2) is 0 Å². The summed E-state index contributed by atoms with van der Waals surface area (Å²) in [4.78, 5) is 0. The summed E-state index contributed by atoms with van der Waals surface area (Å²) in [6.45, 7) is 6.02. The Labute approximate surface area is 79.9 Å². The molecule has 0 spiro atoms. The predicted molar refractivity (Wildman–Crippen MR) is 54.2 cm³/mol. The highest BCUT2D eigenvalue weighted by molar-refractivity contribution is 4.97. The first-order valence-corrected chi connectivity index (χ1v) is 4.98. The minimum Gasteiger partial charge on any atom is -0.325 e. The molecule has 0 saturated carbocycles. The SMILES string of the molecule is CCCC(C)Cn1ccc(CN)n1. The maximum Gasteiger partial charge on any atom is 0.0760 e. The minimum atomic E-state index is 0.537. The average molecular weight is 181 g/mol. The molecule has 1 heterocycles. The first kappa shape index (κ1) is 10.3. The zero-order chi connectivity index (χ0) is 9.68. The lowest BCUT2D eigenvalue weighted by atomic mass is 10.1. The van der Waals surface area contributed by atoms with Crippen LogP contribution in [-0.2, 0) is 13.1 Å². The molecule has 74 valence electrons. The molecule has 0 aliphatic carbocycles. The lowest BCUT2D eigenvalue weighted by molar-refractivity contribution is 0.418. The molecule has 1 aromatic heterocycles. The van der Waals surface area contributed by atoms with Gasteiger partial charge in [-0.2, -0.15) is 5.10 Å². The maximum atomic E-state index is 5.48.